The zero-order valence-corrected chi connectivity index (χ0v) is 17.1. The van der Waals surface area contributed by atoms with Crippen LogP contribution in [-0.4, -0.2) is 49.1 Å². The largest absolute Gasteiger partial charge is 0.381 e. The van der Waals surface area contributed by atoms with Crippen molar-refractivity contribution in [2.45, 2.75) is 57.9 Å². The number of carbonyl (C=O) groups excluding carboxylic acids is 2. The molecule has 2 amide bonds. The summed E-state index contributed by atoms with van der Waals surface area (Å²) in [4.78, 5) is 27.4. The van der Waals surface area contributed by atoms with E-state index in [0.717, 1.165) is 24.8 Å². The van der Waals surface area contributed by atoms with Gasteiger partial charge in [-0.2, -0.15) is 0 Å². The minimum atomic E-state index is -0.508. The standard InChI is InChI=1S/C22H31FN2O3/c1-21(2,3)20(27)25-11-5-8-18(25)19(26)24-15-22(9-12-28-13-10-22)16-6-4-7-17(23)14-16/h4,6-7,14,18H,5,8-13,15H2,1-3H3,(H,24,26). The van der Waals surface area contributed by atoms with E-state index in [-0.39, 0.29) is 23.0 Å². The van der Waals surface area contributed by atoms with E-state index >= 15 is 0 Å². The lowest BCUT2D eigenvalue weighted by atomic mass is 9.74. The lowest BCUT2D eigenvalue weighted by molar-refractivity contribution is -0.144. The summed E-state index contributed by atoms with van der Waals surface area (Å²) in [5.41, 5.74) is 0.0463. The fraction of sp³-hybridized carbons (Fsp3) is 0.636. The number of halogens is 1. The second-order valence-corrected chi connectivity index (χ2v) is 9.03. The van der Waals surface area contributed by atoms with Crippen LogP contribution < -0.4 is 5.32 Å². The number of amides is 2. The van der Waals surface area contributed by atoms with Crippen molar-refractivity contribution >= 4 is 11.8 Å². The van der Waals surface area contributed by atoms with Gasteiger partial charge in [0.1, 0.15) is 11.9 Å². The number of benzene rings is 1. The molecule has 1 atom stereocenters. The zero-order valence-electron chi connectivity index (χ0n) is 17.1. The second-order valence-electron chi connectivity index (χ2n) is 9.03. The first kappa shape index (κ1) is 20.8. The predicted octanol–water partition coefficient (Wildman–Crippen LogP) is 3.03. The average Bonchev–Trinajstić information content (AvgIpc) is 3.15. The van der Waals surface area contributed by atoms with Crippen LogP contribution in [0.5, 0.6) is 0 Å². The summed E-state index contributed by atoms with van der Waals surface area (Å²) in [5, 5.41) is 3.08. The van der Waals surface area contributed by atoms with Crippen molar-refractivity contribution in [1.82, 2.24) is 10.2 Å². The van der Waals surface area contributed by atoms with Crippen LogP contribution in [0.2, 0.25) is 0 Å². The molecule has 0 bridgehead atoms. The van der Waals surface area contributed by atoms with Crippen molar-refractivity contribution in [3.8, 4) is 0 Å². The molecule has 2 aliphatic rings. The van der Waals surface area contributed by atoms with Gasteiger partial charge >= 0.3 is 0 Å². The fourth-order valence-electron chi connectivity index (χ4n) is 4.24. The molecule has 0 aromatic heterocycles. The van der Waals surface area contributed by atoms with E-state index < -0.39 is 11.5 Å². The molecule has 5 nitrogen and oxygen atoms in total. The Balaban J connectivity index is 1.73. The Kier molecular flexibility index (Phi) is 6.08. The highest BCUT2D eigenvalue weighted by molar-refractivity contribution is 5.90. The first-order valence-electron chi connectivity index (χ1n) is 10.2. The molecule has 1 aromatic carbocycles. The molecule has 28 heavy (non-hydrogen) atoms. The number of hydrogen-bond acceptors (Lipinski definition) is 3. The van der Waals surface area contributed by atoms with Gasteiger partial charge in [-0.15, -0.1) is 0 Å². The normalized spacial score (nSPS) is 22.1. The number of ether oxygens (including phenoxy) is 1. The lowest BCUT2D eigenvalue weighted by Gasteiger charge is -2.38. The molecule has 2 fully saturated rings. The van der Waals surface area contributed by atoms with E-state index in [0.29, 0.717) is 32.7 Å². The predicted molar refractivity (Wildman–Crippen MR) is 105 cm³/mol. The van der Waals surface area contributed by atoms with Gasteiger partial charge in [-0.25, -0.2) is 4.39 Å². The molecule has 2 saturated heterocycles. The summed E-state index contributed by atoms with van der Waals surface area (Å²) >= 11 is 0. The molecule has 0 aliphatic carbocycles. The molecule has 3 rings (SSSR count). The maximum absolute atomic E-state index is 13.8. The van der Waals surface area contributed by atoms with E-state index in [1.807, 2.05) is 26.8 Å². The maximum atomic E-state index is 13.8. The third-order valence-electron chi connectivity index (χ3n) is 5.95. The van der Waals surface area contributed by atoms with Crippen LogP contribution in [0.25, 0.3) is 0 Å². The van der Waals surface area contributed by atoms with E-state index in [9.17, 15) is 14.0 Å². The summed E-state index contributed by atoms with van der Waals surface area (Å²) in [6, 6.07) is 6.21. The highest BCUT2D eigenvalue weighted by Crippen LogP contribution is 2.35. The molecular formula is C22H31FN2O3. The summed E-state index contributed by atoms with van der Waals surface area (Å²) in [6.07, 6.45) is 2.98. The van der Waals surface area contributed by atoms with Gasteiger partial charge in [-0.3, -0.25) is 9.59 Å². The van der Waals surface area contributed by atoms with Crippen molar-refractivity contribution in [2.75, 3.05) is 26.3 Å². The van der Waals surface area contributed by atoms with E-state index in [1.165, 1.54) is 6.07 Å². The molecule has 1 aromatic rings. The first-order valence-corrected chi connectivity index (χ1v) is 10.2. The molecule has 0 spiro atoms. The number of nitrogens with one attached hydrogen (secondary N) is 1. The molecule has 2 heterocycles. The maximum Gasteiger partial charge on any atom is 0.242 e. The Bertz CT molecular complexity index is 723. The molecule has 2 aliphatic heterocycles. The van der Waals surface area contributed by atoms with Gasteiger partial charge in [0, 0.05) is 37.1 Å². The molecule has 154 valence electrons. The van der Waals surface area contributed by atoms with Crippen LogP contribution in [0.4, 0.5) is 4.39 Å². The summed E-state index contributed by atoms with van der Waals surface area (Å²) in [7, 11) is 0. The topological polar surface area (TPSA) is 58.6 Å². The van der Waals surface area contributed by atoms with Crippen LogP contribution >= 0.6 is 0 Å². The second kappa shape index (κ2) is 8.19. The number of nitrogens with zero attached hydrogens (tertiary/aromatic N) is 1. The Morgan fingerprint density at radius 2 is 2.00 bits per heavy atom. The van der Waals surface area contributed by atoms with Crippen LogP contribution in [0.1, 0.15) is 52.0 Å². The summed E-state index contributed by atoms with van der Waals surface area (Å²) < 4.78 is 19.3. The number of likely N-dealkylation sites (tertiary alicyclic amines) is 1. The lowest BCUT2D eigenvalue weighted by Crippen LogP contribution is -2.52. The van der Waals surface area contributed by atoms with E-state index in [1.54, 1.807) is 17.0 Å². The molecule has 0 radical (unpaired) electrons. The highest BCUT2D eigenvalue weighted by atomic mass is 19.1. The van der Waals surface area contributed by atoms with E-state index in [4.69, 9.17) is 4.74 Å². The number of rotatable bonds is 4. The third-order valence-corrected chi connectivity index (χ3v) is 5.95. The molecule has 1 unspecified atom stereocenters. The van der Waals surface area contributed by atoms with Gasteiger partial charge in [-0.05, 0) is 43.4 Å². The third kappa shape index (κ3) is 4.37. The highest BCUT2D eigenvalue weighted by Gasteiger charge is 2.40. The average molecular weight is 390 g/mol. The Hall–Kier alpha value is -1.95. The van der Waals surface area contributed by atoms with Crippen molar-refractivity contribution in [3.05, 3.63) is 35.6 Å². The fourth-order valence-corrected chi connectivity index (χ4v) is 4.24. The zero-order chi connectivity index (χ0) is 20.4. The van der Waals surface area contributed by atoms with Gasteiger partial charge in [0.05, 0.1) is 0 Å². The summed E-state index contributed by atoms with van der Waals surface area (Å²) in [5.74, 6) is -0.374. The van der Waals surface area contributed by atoms with Crippen molar-refractivity contribution in [3.63, 3.8) is 0 Å². The van der Waals surface area contributed by atoms with Crippen molar-refractivity contribution in [1.29, 1.82) is 0 Å². The quantitative estimate of drug-likeness (QED) is 0.860. The SMILES string of the molecule is CC(C)(C)C(=O)N1CCCC1C(=O)NCC1(c2cccc(F)c2)CCOCC1. The van der Waals surface area contributed by atoms with Crippen molar-refractivity contribution in [2.24, 2.45) is 5.41 Å². The van der Waals surface area contributed by atoms with Crippen molar-refractivity contribution < 1.29 is 18.7 Å². The first-order chi connectivity index (χ1) is 13.2. The monoisotopic (exact) mass is 390 g/mol. The van der Waals surface area contributed by atoms with Crippen LogP contribution in [-0.2, 0) is 19.7 Å². The van der Waals surface area contributed by atoms with Crippen LogP contribution in [0, 0.1) is 11.2 Å². The molecule has 0 saturated carbocycles. The van der Waals surface area contributed by atoms with Gasteiger partial charge < -0.3 is 15.0 Å². The molecular weight excluding hydrogens is 359 g/mol. The number of carbonyl (C=O) groups is 2. The smallest absolute Gasteiger partial charge is 0.242 e. The van der Waals surface area contributed by atoms with Crippen LogP contribution in [0.15, 0.2) is 24.3 Å². The Labute approximate surface area is 166 Å². The van der Waals surface area contributed by atoms with E-state index in [2.05, 4.69) is 5.32 Å². The minimum absolute atomic E-state index is 0.0102. The van der Waals surface area contributed by atoms with Crippen LogP contribution in [0.3, 0.4) is 0 Å². The molecule has 1 N–H and O–H groups in total. The Morgan fingerprint density at radius 3 is 2.64 bits per heavy atom. The van der Waals surface area contributed by atoms with Gasteiger partial charge in [-0.1, -0.05) is 32.9 Å². The minimum Gasteiger partial charge on any atom is -0.381 e. The molecule has 6 heteroatoms. The van der Waals surface area contributed by atoms with Gasteiger partial charge in [0.15, 0.2) is 0 Å². The number of hydrogen-bond donors (Lipinski definition) is 1. The Morgan fingerprint density at radius 1 is 1.29 bits per heavy atom. The van der Waals surface area contributed by atoms with Gasteiger partial charge in [0.2, 0.25) is 11.8 Å². The van der Waals surface area contributed by atoms with Gasteiger partial charge in [0.25, 0.3) is 0 Å². The summed E-state index contributed by atoms with van der Waals surface area (Å²) in [6.45, 7) is 7.86.